The van der Waals surface area contributed by atoms with Crippen molar-refractivity contribution in [1.29, 1.82) is 0 Å². The summed E-state index contributed by atoms with van der Waals surface area (Å²) >= 11 is 5.94. The maximum absolute atomic E-state index is 12.4. The first-order valence-corrected chi connectivity index (χ1v) is 9.50. The van der Waals surface area contributed by atoms with Crippen molar-refractivity contribution in [2.75, 3.05) is 31.1 Å². The number of nitrogens with zero attached hydrogens (tertiary/aromatic N) is 4. The van der Waals surface area contributed by atoms with Gasteiger partial charge in [0.05, 0.1) is 0 Å². The Labute approximate surface area is 168 Å². The van der Waals surface area contributed by atoms with Gasteiger partial charge in [0.15, 0.2) is 0 Å². The van der Waals surface area contributed by atoms with Crippen molar-refractivity contribution >= 4 is 29.5 Å². The highest BCUT2D eigenvalue weighted by atomic mass is 35.5. The smallest absolute Gasteiger partial charge is 0.318 e. The van der Waals surface area contributed by atoms with E-state index in [2.05, 4.69) is 20.6 Å². The Kier molecular flexibility index (Phi) is 6.65. The summed E-state index contributed by atoms with van der Waals surface area (Å²) < 4.78 is 0. The van der Waals surface area contributed by atoms with Crippen molar-refractivity contribution in [3.8, 4) is 0 Å². The van der Waals surface area contributed by atoms with Gasteiger partial charge in [0.2, 0.25) is 11.9 Å². The Hall–Kier alpha value is -2.87. The molecule has 1 atom stereocenters. The molecule has 1 aromatic carbocycles. The van der Waals surface area contributed by atoms with Crippen molar-refractivity contribution in [2.24, 2.45) is 0 Å². The minimum Gasteiger partial charge on any atom is -0.350 e. The van der Waals surface area contributed by atoms with Crippen LogP contribution in [0.2, 0.25) is 5.02 Å². The molecule has 2 heterocycles. The lowest BCUT2D eigenvalue weighted by Crippen LogP contribution is -2.55. The van der Waals surface area contributed by atoms with Gasteiger partial charge in [0, 0.05) is 50.1 Å². The predicted molar refractivity (Wildman–Crippen MR) is 107 cm³/mol. The van der Waals surface area contributed by atoms with Gasteiger partial charge >= 0.3 is 6.03 Å². The molecule has 28 heavy (non-hydrogen) atoms. The zero-order chi connectivity index (χ0) is 19.9. The molecule has 148 valence electrons. The zero-order valence-corrected chi connectivity index (χ0v) is 16.4. The van der Waals surface area contributed by atoms with Crippen LogP contribution in [0.15, 0.2) is 42.7 Å². The quantitative estimate of drug-likeness (QED) is 0.793. The fourth-order valence-electron chi connectivity index (χ4n) is 2.90. The Morgan fingerprint density at radius 2 is 1.86 bits per heavy atom. The van der Waals surface area contributed by atoms with Gasteiger partial charge in [-0.25, -0.2) is 14.8 Å². The first-order chi connectivity index (χ1) is 13.5. The summed E-state index contributed by atoms with van der Waals surface area (Å²) in [5, 5.41) is 6.18. The molecule has 3 rings (SSSR count). The Balaban J connectivity index is 1.43. The third kappa shape index (κ3) is 5.32. The van der Waals surface area contributed by atoms with Gasteiger partial charge < -0.3 is 20.4 Å². The highest BCUT2D eigenvalue weighted by Crippen LogP contribution is 2.11. The zero-order valence-electron chi connectivity index (χ0n) is 15.6. The second-order valence-electron chi connectivity index (χ2n) is 6.54. The highest BCUT2D eigenvalue weighted by molar-refractivity contribution is 6.30. The minimum absolute atomic E-state index is 0.246. The van der Waals surface area contributed by atoms with Crippen molar-refractivity contribution in [3.63, 3.8) is 0 Å². The third-order valence-corrected chi connectivity index (χ3v) is 4.73. The lowest BCUT2D eigenvalue weighted by Gasteiger charge is -2.35. The van der Waals surface area contributed by atoms with Gasteiger partial charge in [-0.15, -0.1) is 0 Å². The Morgan fingerprint density at radius 3 is 2.54 bits per heavy atom. The SMILES string of the molecule is C[C@H](NC(=O)N1CCN(c2ncccn2)CC1)C(=O)NCc1cccc(Cl)c1. The number of piperazine rings is 1. The molecule has 0 radical (unpaired) electrons. The van der Waals surface area contributed by atoms with Crippen LogP contribution >= 0.6 is 11.6 Å². The molecule has 8 nitrogen and oxygen atoms in total. The third-order valence-electron chi connectivity index (χ3n) is 4.49. The molecule has 0 bridgehead atoms. The normalized spacial score (nSPS) is 15.1. The van der Waals surface area contributed by atoms with Crippen LogP contribution < -0.4 is 15.5 Å². The number of nitrogens with one attached hydrogen (secondary N) is 2. The second kappa shape index (κ2) is 9.36. The number of hydrogen-bond acceptors (Lipinski definition) is 5. The van der Waals surface area contributed by atoms with Crippen LogP contribution in [0.4, 0.5) is 10.7 Å². The Bertz CT molecular complexity index is 811. The maximum Gasteiger partial charge on any atom is 0.318 e. The molecule has 1 fully saturated rings. The molecule has 1 saturated heterocycles. The Morgan fingerprint density at radius 1 is 1.14 bits per heavy atom. The lowest BCUT2D eigenvalue weighted by molar-refractivity contribution is -0.122. The lowest BCUT2D eigenvalue weighted by atomic mass is 10.2. The van der Waals surface area contributed by atoms with E-state index < -0.39 is 6.04 Å². The molecule has 1 aliphatic heterocycles. The van der Waals surface area contributed by atoms with E-state index in [1.165, 1.54) is 0 Å². The minimum atomic E-state index is -0.637. The number of rotatable bonds is 5. The van der Waals surface area contributed by atoms with Crippen molar-refractivity contribution in [2.45, 2.75) is 19.5 Å². The van der Waals surface area contributed by atoms with E-state index in [1.807, 2.05) is 17.0 Å². The van der Waals surface area contributed by atoms with Crippen LogP contribution in [0, 0.1) is 0 Å². The molecule has 9 heteroatoms. The largest absolute Gasteiger partial charge is 0.350 e. The van der Waals surface area contributed by atoms with Gasteiger partial charge in [0.25, 0.3) is 0 Å². The molecule has 3 amide bonds. The van der Waals surface area contributed by atoms with Crippen LogP contribution in [-0.4, -0.2) is 59.0 Å². The summed E-state index contributed by atoms with van der Waals surface area (Å²) in [4.78, 5) is 36.9. The second-order valence-corrected chi connectivity index (χ2v) is 6.98. The number of halogens is 1. The van der Waals surface area contributed by atoms with Crippen LogP contribution in [0.5, 0.6) is 0 Å². The number of urea groups is 1. The van der Waals surface area contributed by atoms with E-state index in [9.17, 15) is 9.59 Å². The van der Waals surface area contributed by atoms with Crippen LogP contribution in [-0.2, 0) is 11.3 Å². The van der Waals surface area contributed by atoms with Crippen LogP contribution in [0.1, 0.15) is 12.5 Å². The number of carbonyl (C=O) groups is 2. The van der Waals surface area contributed by atoms with E-state index in [0.29, 0.717) is 43.7 Å². The van der Waals surface area contributed by atoms with E-state index in [1.54, 1.807) is 42.4 Å². The fraction of sp³-hybridized carbons (Fsp3) is 0.368. The van der Waals surface area contributed by atoms with Crippen molar-refractivity contribution < 1.29 is 9.59 Å². The molecule has 0 aliphatic carbocycles. The molecule has 2 N–H and O–H groups in total. The summed E-state index contributed by atoms with van der Waals surface area (Å²) in [5.41, 5.74) is 0.902. The molecule has 1 aromatic heterocycles. The number of anilines is 1. The number of benzene rings is 1. The molecular formula is C19H23ClN6O2. The molecule has 0 saturated carbocycles. The first-order valence-electron chi connectivity index (χ1n) is 9.12. The van der Waals surface area contributed by atoms with Crippen LogP contribution in [0.25, 0.3) is 0 Å². The van der Waals surface area contributed by atoms with Gasteiger partial charge in [-0.1, -0.05) is 23.7 Å². The molecule has 0 spiro atoms. The summed E-state index contributed by atoms with van der Waals surface area (Å²) in [6, 6.07) is 8.16. The van der Waals surface area contributed by atoms with E-state index in [-0.39, 0.29) is 11.9 Å². The van der Waals surface area contributed by atoms with Gasteiger partial charge in [-0.05, 0) is 30.7 Å². The summed E-state index contributed by atoms with van der Waals surface area (Å²) in [6.45, 7) is 4.40. The molecule has 2 aromatic rings. The van der Waals surface area contributed by atoms with Gasteiger partial charge in [-0.2, -0.15) is 0 Å². The number of aromatic nitrogens is 2. The van der Waals surface area contributed by atoms with Gasteiger partial charge in [-0.3, -0.25) is 4.79 Å². The number of hydrogen-bond donors (Lipinski definition) is 2. The topological polar surface area (TPSA) is 90.5 Å². The van der Waals surface area contributed by atoms with E-state index in [4.69, 9.17) is 11.6 Å². The van der Waals surface area contributed by atoms with E-state index in [0.717, 1.165) is 5.56 Å². The predicted octanol–water partition coefficient (Wildman–Crippen LogP) is 1.67. The number of carbonyl (C=O) groups excluding carboxylic acids is 2. The van der Waals surface area contributed by atoms with Gasteiger partial charge in [0.1, 0.15) is 6.04 Å². The summed E-state index contributed by atoms with van der Waals surface area (Å²) in [6.07, 6.45) is 3.40. The molecular weight excluding hydrogens is 380 g/mol. The first kappa shape index (κ1) is 19.9. The van der Waals surface area contributed by atoms with Crippen LogP contribution in [0.3, 0.4) is 0 Å². The average molecular weight is 403 g/mol. The molecule has 1 aliphatic rings. The monoisotopic (exact) mass is 402 g/mol. The highest BCUT2D eigenvalue weighted by Gasteiger charge is 2.24. The summed E-state index contributed by atoms with van der Waals surface area (Å²) in [5.74, 6) is 0.418. The average Bonchev–Trinajstić information content (AvgIpc) is 2.72. The molecule has 0 unspecified atom stereocenters. The number of amides is 3. The maximum atomic E-state index is 12.4. The van der Waals surface area contributed by atoms with E-state index >= 15 is 0 Å². The van der Waals surface area contributed by atoms with Crippen molar-refractivity contribution in [3.05, 3.63) is 53.3 Å². The van der Waals surface area contributed by atoms with Crippen molar-refractivity contribution in [1.82, 2.24) is 25.5 Å². The summed E-state index contributed by atoms with van der Waals surface area (Å²) in [7, 11) is 0. The standard InChI is InChI=1S/C19H23ClN6O2/c1-14(17(27)23-13-15-4-2-5-16(20)12-15)24-19(28)26-10-8-25(9-11-26)18-21-6-3-7-22-18/h2-7,12,14H,8-11,13H2,1H3,(H,23,27)(H,24,28)/t14-/m0/s1. The fourth-order valence-corrected chi connectivity index (χ4v) is 3.11.